The van der Waals surface area contributed by atoms with E-state index in [-0.39, 0.29) is 18.1 Å². The van der Waals surface area contributed by atoms with Crippen LogP contribution in [0.2, 0.25) is 4.34 Å². The standard InChI is InChI=1S/C20H19ClN2O4S/c1-3-23(11-15-9-10-16(21)28-15)17(24)12-26-20(25)18-13(2)27-22-19(18)14-7-5-4-6-8-14/h4-10H,3,11-12H2,1-2H3. The molecule has 0 saturated heterocycles. The third-order valence-corrected chi connectivity index (χ3v) is 5.37. The summed E-state index contributed by atoms with van der Waals surface area (Å²) in [7, 11) is 0. The van der Waals surface area contributed by atoms with Crippen molar-refractivity contribution in [2.24, 2.45) is 0 Å². The number of carbonyl (C=O) groups excluding carboxylic acids is 2. The lowest BCUT2D eigenvalue weighted by atomic mass is 10.1. The predicted octanol–water partition coefficient (Wildman–Crippen LogP) is 4.57. The van der Waals surface area contributed by atoms with Gasteiger partial charge in [-0.2, -0.15) is 0 Å². The third kappa shape index (κ3) is 4.61. The van der Waals surface area contributed by atoms with Crippen molar-refractivity contribution in [1.29, 1.82) is 0 Å². The fourth-order valence-corrected chi connectivity index (χ4v) is 3.80. The summed E-state index contributed by atoms with van der Waals surface area (Å²) in [4.78, 5) is 27.6. The van der Waals surface area contributed by atoms with Gasteiger partial charge in [0.2, 0.25) is 0 Å². The van der Waals surface area contributed by atoms with Gasteiger partial charge in [0.25, 0.3) is 5.91 Å². The van der Waals surface area contributed by atoms with Crippen molar-refractivity contribution in [2.45, 2.75) is 20.4 Å². The molecule has 0 radical (unpaired) electrons. The predicted molar refractivity (Wildman–Crippen MR) is 107 cm³/mol. The first-order valence-electron chi connectivity index (χ1n) is 8.70. The number of thiophene rings is 1. The van der Waals surface area contributed by atoms with Crippen LogP contribution < -0.4 is 0 Å². The number of carbonyl (C=O) groups is 2. The number of amides is 1. The lowest BCUT2D eigenvalue weighted by molar-refractivity contribution is -0.134. The summed E-state index contributed by atoms with van der Waals surface area (Å²) in [6.45, 7) is 4.06. The Balaban J connectivity index is 1.67. The second kappa shape index (κ2) is 9.03. The maximum absolute atomic E-state index is 12.6. The highest BCUT2D eigenvalue weighted by molar-refractivity contribution is 7.16. The number of aryl methyl sites for hydroxylation is 1. The van der Waals surface area contributed by atoms with Crippen molar-refractivity contribution in [2.75, 3.05) is 13.2 Å². The van der Waals surface area contributed by atoms with Gasteiger partial charge in [-0.15, -0.1) is 11.3 Å². The Hall–Kier alpha value is -2.64. The van der Waals surface area contributed by atoms with E-state index in [0.717, 1.165) is 10.4 Å². The number of hydrogen-bond donors (Lipinski definition) is 0. The summed E-state index contributed by atoms with van der Waals surface area (Å²) in [5, 5.41) is 3.96. The molecule has 1 aromatic carbocycles. The quantitative estimate of drug-likeness (QED) is 0.525. The summed E-state index contributed by atoms with van der Waals surface area (Å²) in [6, 6.07) is 12.9. The molecule has 0 aliphatic heterocycles. The number of nitrogens with zero attached hydrogens (tertiary/aromatic N) is 2. The molecule has 0 aliphatic carbocycles. The van der Waals surface area contributed by atoms with Gasteiger partial charge in [0.05, 0.1) is 10.9 Å². The molecule has 0 aliphatic rings. The average molecular weight is 419 g/mol. The third-order valence-electron chi connectivity index (χ3n) is 4.15. The topological polar surface area (TPSA) is 72.6 Å². The Morgan fingerprint density at radius 1 is 1.21 bits per heavy atom. The van der Waals surface area contributed by atoms with Crippen LogP contribution in [0.3, 0.4) is 0 Å². The summed E-state index contributed by atoms with van der Waals surface area (Å²) >= 11 is 7.35. The Morgan fingerprint density at radius 3 is 2.61 bits per heavy atom. The van der Waals surface area contributed by atoms with Crippen LogP contribution in [0.1, 0.15) is 27.9 Å². The minimum absolute atomic E-state index is 0.229. The highest BCUT2D eigenvalue weighted by Crippen LogP contribution is 2.26. The van der Waals surface area contributed by atoms with Gasteiger partial charge >= 0.3 is 5.97 Å². The molecule has 2 heterocycles. The minimum atomic E-state index is -0.638. The van der Waals surface area contributed by atoms with Crippen LogP contribution in [0.15, 0.2) is 47.0 Å². The molecule has 3 aromatic rings. The molecule has 0 atom stereocenters. The largest absolute Gasteiger partial charge is 0.452 e. The van der Waals surface area contributed by atoms with E-state index in [0.29, 0.717) is 28.9 Å². The van der Waals surface area contributed by atoms with Crippen molar-refractivity contribution in [3.05, 3.63) is 63.0 Å². The Labute approximate surface area is 171 Å². The van der Waals surface area contributed by atoms with E-state index in [1.807, 2.05) is 43.3 Å². The summed E-state index contributed by atoms with van der Waals surface area (Å²) in [5.41, 5.74) is 1.37. The fraction of sp³-hybridized carbons (Fsp3) is 0.250. The molecule has 2 aromatic heterocycles. The normalized spacial score (nSPS) is 10.7. The second-order valence-corrected chi connectivity index (χ2v) is 7.82. The number of ether oxygens (including phenoxy) is 1. The van der Waals surface area contributed by atoms with E-state index in [4.69, 9.17) is 20.9 Å². The molecule has 0 spiro atoms. The van der Waals surface area contributed by atoms with Gasteiger partial charge in [-0.3, -0.25) is 4.79 Å². The zero-order chi connectivity index (χ0) is 20.1. The van der Waals surface area contributed by atoms with Gasteiger partial charge in [0, 0.05) is 17.0 Å². The second-order valence-electron chi connectivity index (χ2n) is 6.02. The fourth-order valence-electron chi connectivity index (χ4n) is 2.70. The van der Waals surface area contributed by atoms with Crippen LogP contribution in [0.25, 0.3) is 11.3 Å². The Morgan fingerprint density at radius 2 is 1.96 bits per heavy atom. The van der Waals surface area contributed by atoms with Crippen molar-refractivity contribution in [1.82, 2.24) is 10.1 Å². The van der Waals surface area contributed by atoms with E-state index in [1.54, 1.807) is 17.9 Å². The number of esters is 1. The molecule has 146 valence electrons. The van der Waals surface area contributed by atoms with Gasteiger partial charge < -0.3 is 14.2 Å². The molecule has 0 bridgehead atoms. The van der Waals surface area contributed by atoms with E-state index in [1.165, 1.54) is 11.3 Å². The van der Waals surface area contributed by atoms with E-state index in [2.05, 4.69) is 5.16 Å². The monoisotopic (exact) mass is 418 g/mol. The molecule has 28 heavy (non-hydrogen) atoms. The van der Waals surface area contributed by atoms with E-state index in [9.17, 15) is 9.59 Å². The molecule has 0 saturated carbocycles. The molecular weight excluding hydrogens is 400 g/mol. The van der Waals surface area contributed by atoms with Gasteiger partial charge in [-0.05, 0) is 26.0 Å². The first kappa shape index (κ1) is 20.1. The van der Waals surface area contributed by atoms with E-state index >= 15 is 0 Å². The molecule has 1 amide bonds. The minimum Gasteiger partial charge on any atom is -0.452 e. The molecule has 8 heteroatoms. The number of hydrogen-bond acceptors (Lipinski definition) is 6. The van der Waals surface area contributed by atoms with Crippen molar-refractivity contribution >= 4 is 34.8 Å². The number of benzene rings is 1. The summed E-state index contributed by atoms with van der Waals surface area (Å²) in [6.07, 6.45) is 0. The van der Waals surface area contributed by atoms with Crippen LogP contribution in [0, 0.1) is 6.92 Å². The SMILES string of the molecule is CCN(Cc1ccc(Cl)s1)C(=O)COC(=O)c1c(-c2ccccc2)noc1C. The van der Waals surface area contributed by atoms with Crippen LogP contribution in [-0.2, 0) is 16.1 Å². The Kier molecular flexibility index (Phi) is 6.49. The molecule has 0 unspecified atom stereocenters. The van der Waals surface area contributed by atoms with Crippen molar-refractivity contribution < 1.29 is 18.8 Å². The number of aromatic nitrogens is 1. The lowest BCUT2D eigenvalue weighted by Crippen LogP contribution is -2.33. The molecule has 6 nitrogen and oxygen atoms in total. The van der Waals surface area contributed by atoms with Gasteiger partial charge in [0.15, 0.2) is 6.61 Å². The average Bonchev–Trinajstić information content (AvgIpc) is 3.29. The summed E-state index contributed by atoms with van der Waals surface area (Å²) in [5.74, 6) is -0.575. The molecular formula is C20H19ClN2O4S. The first-order valence-corrected chi connectivity index (χ1v) is 9.89. The van der Waals surface area contributed by atoms with Gasteiger partial charge in [-0.25, -0.2) is 4.79 Å². The smallest absolute Gasteiger partial charge is 0.344 e. The maximum Gasteiger partial charge on any atom is 0.344 e. The summed E-state index contributed by atoms with van der Waals surface area (Å²) < 4.78 is 11.1. The van der Waals surface area contributed by atoms with Crippen LogP contribution in [0.5, 0.6) is 0 Å². The van der Waals surface area contributed by atoms with E-state index < -0.39 is 5.97 Å². The van der Waals surface area contributed by atoms with Crippen LogP contribution in [0.4, 0.5) is 0 Å². The molecule has 0 fully saturated rings. The maximum atomic E-state index is 12.6. The highest BCUT2D eigenvalue weighted by atomic mass is 35.5. The Bertz CT molecular complexity index is 968. The zero-order valence-corrected chi connectivity index (χ0v) is 17.0. The molecule has 0 N–H and O–H groups in total. The first-order chi connectivity index (χ1) is 13.5. The number of halogens is 1. The van der Waals surface area contributed by atoms with Crippen molar-refractivity contribution in [3.8, 4) is 11.3 Å². The number of likely N-dealkylation sites (N-methyl/N-ethyl adjacent to an activating group) is 1. The highest BCUT2D eigenvalue weighted by Gasteiger charge is 2.24. The van der Waals surface area contributed by atoms with Crippen LogP contribution in [-0.4, -0.2) is 35.1 Å². The van der Waals surface area contributed by atoms with Crippen LogP contribution >= 0.6 is 22.9 Å². The number of rotatable bonds is 7. The van der Waals surface area contributed by atoms with Crippen molar-refractivity contribution in [3.63, 3.8) is 0 Å². The lowest BCUT2D eigenvalue weighted by Gasteiger charge is -2.19. The van der Waals surface area contributed by atoms with Gasteiger partial charge in [0.1, 0.15) is 17.0 Å². The van der Waals surface area contributed by atoms with Gasteiger partial charge in [-0.1, -0.05) is 47.1 Å². The zero-order valence-electron chi connectivity index (χ0n) is 15.5. The molecule has 3 rings (SSSR count).